The van der Waals surface area contributed by atoms with E-state index in [1.807, 2.05) is 35.9 Å². The fourth-order valence-electron chi connectivity index (χ4n) is 2.72. The van der Waals surface area contributed by atoms with Crippen LogP contribution in [0.1, 0.15) is 27.3 Å². The third-order valence-electron chi connectivity index (χ3n) is 3.87. The van der Waals surface area contributed by atoms with Crippen LogP contribution in [0.15, 0.2) is 41.9 Å². The molecule has 4 nitrogen and oxygen atoms in total. The Bertz CT molecular complexity index is 855. The van der Waals surface area contributed by atoms with Gasteiger partial charge in [-0.2, -0.15) is 0 Å². The third kappa shape index (κ3) is 3.38. The summed E-state index contributed by atoms with van der Waals surface area (Å²) >= 11 is 1.53. The SMILES string of the molecule is Cc1cc(C(=O)NCCc2cccc(F)c2)c(C)n1-c1nccs1. The van der Waals surface area contributed by atoms with Crippen molar-refractivity contribution in [1.29, 1.82) is 0 Å². The van der Waals surface area contributed by atoms with Gasteiger partial charge in [0.15, 0.2) is 5.13 Å². The van der Waals surface area contributed by atoms with Gasteiger partial charge < -0.3 is 5.32 Å². The van der Waals surface area contributed by atoms with Crippen molar-refractivity contribution in [2.75, 3.05) is 6.54 Å². The normalized spacial score (nSPS) is 10.8. The summed E-state index contributed by atoms with van der Waals surface area (Å²) in [4.78, 5) is 16.7. The minimum atomic E-state index is -0.259. The number of hydrogen-bond acceptors (Lipinski definition) is 3. The minimum absolute atomic E-state index is 0.123. The molecule has 0 unspecified atom stereocenters. The number of amides is 1. The maximum atomic E-state index is 13.2. The van der Waals surface area contributed by atoms with E-state index in [9.17, 15) is 9.18 Å². The average molecular weight is 343 g/mol. The molecule has 0 aliphatic heterocycles. The fraction of sp³-hybridized carbons (Fsp3) is 0.222. The van der Waals surface area contributed by atoms with Gasteiger partial charge in [0.05, 0.1) is 5.56 Å². The molecule has 0 fully saturated rings. The zero-order chi connectivity index (χ0) is 17.1. The predicted molar refractivity (Wildman–Crippen MR) is 93.4 cm³/mol. The van der Waals surface area contributed by atoms with E-state index in [0.29, 0.717) is 18.5 Å². The van der Waals surface area contributed by atoms with Gasteiger partial charge >= 0.3 is 0 Å². The summed E-state index contributed by atoms with van der Waals surface area (Å²) in [7, 11) is 0. The quantitative estimate of drug-likeness (QED) is 0.768. The van der Waals surface area contributed by atoms with Gasteiger partial charge in [0, 0.05) is 29.5 Å². The van der Waals surface area contributed by atoms with Crippen molar-refractivity contribution in [1.82, 2.24) is 14.9 Å². The molecule has 0 spiro atoms. The number of thiazole rings is 1. The molecular weight excluding hydrogens is 325 g/mol. The third-order valence-corrected chi connectivity index (χ3v) is 4.63. The van der Waals surface area contributed by atoms with E-state index in [1.165, 1.54) is 23.5 Å². The number of rotatable bonds is 5. The van der Waals surface area contributed by atoms with Crippen LogP contribution in [0.2, 0.25) is 0 Å². The molecule has 3 rings (SSSR count). The zero-order valence-electron chi connectivity index (χ0n) is 13.5. The number of benzene rings is 1. The molecule has 1 aromatic carbocycles. The van der Waals surface area contributed by atoms with Gasteiger partial charge in [-0.15, -0.1) is 11.3 Å². The molecule has 0 aliphatic carbocycles. The monoisotopic (exact) mass is 343 g/mol. The van der Waals surface area contributed by atoms with Crippen molar-refractivity contribution in [3.8, 4) is 5.13 Å². The summed E-state index contributed by atoms with van der Waals surface area (Å²) in [6.45, 7) is 4.33. The number of hydrogen-bond donors (Lipinski definition) is 1. The molecule has 2 aromatic heterocycles. The Morgan fingerprint density at radius 3 is 2.88 bits per heavy atom. The highest BCUT2D eigenvalue weighted by molar-refractivity contribution is 7.12. The van der Waals surface area contributed by atoms with Crippen molar-refractivity contribution in [3.05, 3.63) is 70.2 Å². The Balaban J connectivity index is 1.68. The number of nitrogens with one attached hydrogen (secondary N) is 1. The van der Waals surface area contributed by atoms with Crippen LogP contribution in [0.25, 0.3) is 5.13 Å². The minimum Gasteiger partial charge on any atom is -0.352 e. The number of carbonyl (C=O) groups is 1. The Hall–Kier alpha value is -2.47. The van der Waals surface area contributed by atoms with E-state index < -0.39 is 0 Å². The number of carbonyl (C=O) groups excluding carboxylic acids is 1. The Morgan fingerprint density at radius 2 is 2.17 bits per heavy atom. The van der Waals surface area contributed by atoms with Gasteiger partial charge in [-0.3, -0.25) is 9.36 Å². The second kappa shape index (κ2) is 6.97. The molecule has 0 saturated heterocycles. The highest BCUT2D eigenvalue weighted by Crippen LogP contribution is 2.22. The second-order valence-corrected chi connectivity index (χ2v) is 6.44. The molecule has 0 aliphatic rings. The summed E-state index contributed by atoms with van der Waals surface area (Å²) < 4.78 is 15.1. The molecule has 124 valence electrons. The molecular formula is C18H18FN3OS. The number of aryl methyl sites for hydroxylation is 1. The van der Waals surface area contributed by atoms with Gasteiger partial charge in [-0.05, 0) is 44.0 Å². The molecule has 0 bridgehead atoms. The molecule has 3 aromatic rings. The summed E-state index contributed by atoms with van der Waals surface area (Å²) in [6, 6.07) is 8.29. The van der Waals surface area contributed by atoms with Crippen LogP contribution in [-0.4, -0.2) is 22.0 Å². The van der Waals surface area contributed by atoms with E-state index in [2.05, 4.69) is 10.3 Å². The molecule has 6 heteroatoms. The highest BCUT2D eigenvalue weighted by atomic mass is 32.1. The Labute approximate surface area is 144 Å². The van der Waals surface area contributed by atoms with E-state index in [-0.39, 0.29) is 11.7 Å². The lowest BCUT2D eigenvalue weighted by atomic mass is 10.1. The van der Waals surface area contributed by atoms with E-state index in [0.717, 1.165) is 22.1 Å². The van der Waals surface area contributed by atoms with Gasteiger partial charge in [0.1, 0.15) is 5.82 Å². The van der Waals surface area contributed by atoms with Crippen molar-refractivity contribution in [2.24, 2.45) is 0 Å². The lowest BCUT2D eigenvalue weighted by molar-refractivity contribution is 0.0953. The van der Waals surface area contributed by atoms with Crippen molar-refractivity contribution >= 4 is 17.2 Å². The summed E-state index contributed by atoms with van der Waals surface area (Å²) in [6.07, 6.45) is 2.34. The fourth-order valence-corrected chi connectivity index (χ4v) is 3.47. The van der Waals surface area contributed by atoms with E-state index in [4.69, 9.17) is 0 Å². The molecule has 0 radical (unpaired) electrons. The van der Waals surface area contributed by atoms with Gasteiger partial charge in [-0.1, -0.05) is 12.1 Å². The Kier molecular flexibility index (Phi) is 4.76. The van der Waals surface area contributed by atoms with Crippen molar-refractivity contribution < 1.29 is 9.18 Å². The number of aromatic nitrogens is 2. The smallest absolute Gasteiger partial charge is 0.253 e. The molecule has 1 amide bonds. The van der Waals surface area contributed by atoms with Crippen molar-refractivity contribution in [3.63, 3.8) is 0 Å². The van der Waals surface area contributed by atoms with Gasteiger partial charge in [0.25, 0.3) is 5.91 Å². The largest absolute Gasteiger partial charge is 0.352 e. The van der Waals surface area contributed by atoms with Crippen LogP contribution in [0.5, 0.6) is 0 Å². The zero-order valence-corrected chi connectivity index (χ0v) is 14.4. The molecule has 0 atom stereocenters. The summed E-state index contributed by atoms with van der Waals surface area (Å²) in [5.74, 6) is -0.381. The predicted octanol–water partition coefficient (Wildman–Crippen LogP) is 3.66. The Morgan fingerprint density at radius 1 is 1.33 bits per heavy atom. The van der Waals surface area contributed by atoms with Crippen LogP contribution in [0.3, 0.4) is 0 Å². The van der Waals surface area contributed by atoms with Crippen molar-refractivity contribution in [2.45, 2.75) is 20.3 Å². The standard InChI is InChI=1S/C18H18FN3OS/c1-12-10-16(13(2)22(12)18-21-8-9-24-18)17(23)20-7-6-14-4-3-5-15(19)11-14/h3-5,8-11H,6-7H2,1-2H3,(H,20,23). The summed E-state index contributed by atoms with van der Waals surface area (Å²) in [5.41, 5.74) is 3.34. The first-order chi connectivity index (χ1) is 11.6. The number of halogens is 1. The first-order valence-electron chi connectivity index (χ1n) is 7.67. The van der Waals surface area contributed by atoms with Crippen LogP contribution in [-0.2, 0) is 6.42 Å². The lowest BCUT2D eigenvalue weighted by Gasteiger charge is -2.07. The average Bonchev–Trinajstić information content (AvgIpc) is 3.15. The number of nitrogens with zero attached hydrogens (tertiary/aromatic N) is 2. The molecule has 1 N–H and O–H groups in total. The van der Waals surface area contributed by atoms with Gasteiger partial charge in [0.2, 0.25) is 0 Å². The molecule has 0 saturated carbocycles. The van der Waals surface area contributed by atoms with Crippen LogP contribution in [0, 0.1) is 19.7 Å². The first-order valence-corrected chi connectivity index (χ1v) is 8.55. The van der Waals surface area contributed by atoms with Gasteiger partial charge in [-0.25, -0.2) is 9.37 Å². The van der Waals surface area contributed by atoms with E-state index >= 15 is 0 Å². The molecule has 24 heavy (non-hydrogen) atoms. The van der Waals surface area contributed by atoms with E-state index in [1.54, 1.807) is 12.3 Å². The summed E-state index contributed by atoms with van der Waals surface area (Å²) in [5, 5.41) is 5.66. The van der Waals surface area contributed by atoms with Crippen LogP contribution < -0.4 is 5.32 Å². The highest BCUT2D eigenvalue weighted by Gasteiger charge is 2.17. The maximum Gasteiger partial charge on any atom is 0.253 e. The second-order valence-electron chi connectivity index (χ2n) is 5.57. The van der Waals surface area contributed by atoms with Crippen LogP contribution >= 0.6 is 11.3 Å². The lowest BCUT2D eigenvalue weighted by Crippen LogP contribution is -2.26. The maximum absolute atomic E-state index is 13.2. The topological polar surface area (TPSA) is 46.9 Å². The van der Waals surface area contributed by atoms with Crippen LogP contribution in [0.4, 0.5) is 4.39 Å². The first kappa shape index (κ1) is 16.4. The molecule has 2 heterocycles.